The number of carbonyl (C=O) groups excluding carboxylic acids is 2. The summed E-state index contributed by atoms with van der Waals surface area (Å²) in [5.41, 5.74) is 0.344. The van der Waals surface area contributed by atoms with Gasteiger partial charge in [0, 0.05) is 25.7 Å². The number of hydrogen-bond acceptors (Lipinski definition) is 5. The second kappa shape index (κ2) is 7.91. The average Bonchev–Trinajstić information content (AvgIpc) is 3.32. The van der Waals surface area contributed by atoms with Gasteiger partial charge in [0.15, 0.2) is 0 Å². The number of carbonyl (C=O) groups is 2. The van der Waals surface area contributed by atoms with E-state index in [1.807, 2.05) is 0 Å². The van der Waals surface area contributed by atoms with Crippen LogP contribution in [0, 0.1) is 5.41 Å². The van der Waals surface area contributed by atoms with Crippen molar-refractivity contribution in [3.8, 4) is 0 Å². The fraction of sp³-hybridized carbons (Fsp3) is 0.682. The summed E-state index contributed by atoms with van der Waals surface area (Å²) in [6, 6.07) is 2.21. The lowest BCUT2D eigenvalue weighted by molar-refractivity contribution is -0.138. The molecule has 1 spiro atoms. The highest BCUT2D eigenvalue weighted by atomic mass is 35.5. The number of cyclic esters (lactones) is 1. The summed E-state index contributed by atoms with van der Waals surface area (Å²) >= 11 is 6.59. The van der Waals surface area contributed by atoms with Gasteiger partial charge in [-0.15, -0.1) is 0 Å². The van der Waals surface area contributed by atoms with Crippen LogP contribution in [0.15, 0.2) is 12.3 Å². The molecule has 0 N–H and O–H groups in total. The minimum atomic E-state index is -0.364. The van der Waals surface area contributed by atoms with Gasteiger partial charge < -0.3 is 14.5 Å². The van der Waals surface area contributed by atoms with Crippen molar-refractivity contribution in [3.63, 3.8) is 0 Å². The molecule has 8 heteroatoms. The summed E-state index contributed by atoms with van der Waals surface area (Å²) in [5, 5.41) is 0.513. The van der Waals surface area contributed by atoms with Crippen molar-refractivity contribution >= 4 is 35.1 Å². The third-order valence-corrected chi connectivity index (χ3v) is 7.60. The number of nitrogens with zero attached hydrogens (tertiary/aromatic N) is 4. The molecule has 0 aromatic carbocycles. The van der Waals surface area contributed by atoms with E-state index in [1.165, 1.54) is 19.3 Å². The largest absolute Gasteiger partial charge is 0.447 e. The summed E-state index contributed by atoms with van der Waals surface area (Å²) in [7, 11) is 0. The van der Waals surface area contributed by atoms with E-state index in [-0.39, 0.29) is 11.5 Å². The van der Waals surface area contributed by atoms with Gasteiger partial charge in [-0.3, -0.25) is 9.69 Å². The van der Waals surface area contributed by atoms with Gasteiger partial charge >= 0.3 is 6.09 Å². The number of halogens is 1. The molecule has 1 saturated carbocycles. The third-order valence-electron chi connectivity index (χ3n) is 7.32. The van der Waals surface area contributed by atoms with Crippen molar-refractivity contribution in [1.82, 2.24) is 9.88 Å². The lowest BCUT2D eigenvalue weighted by atomic mass is 9.78. The SMILES string of the molecule is O=C1OCCN1c1cnc(N2CCCC3(CCN(C4CCCCC4)C3=O)C2)c(Cl)c1. The Kier molecular flexibility index (Phi) is 5.25. The summed E-state index contributed by atoms with van der Waals surface area (Å²) in [4.78, 5) is 35.8. The normalized spacial score (nSPS) is 28.0. The average molecular weight is 433 g/mol. The number of ether oxygens (including phenoxy) is 1. The monoisotopic (exact) mass is 432 g/mol. The number of rotatable bonds is 3. The van der Waals surface area contributed by atoms with Crippen molar-refractivity contribution in [1.29, 1.82) is 0 Å². The Bertz CT molecular complexity index is 844. The van der Waals surface area contributed by atoms with Crippen LogP contribution in [-0.2, 0) is 9.53 Å². The fourth-order valence-electron chi connectivity index (χ4n) is 5.71. The summed E-state index contributed by atoms with van der Waals surface area (Å²) in [6.45, 7) is 3.29. The molecule has 1 aromatic heterocycles. The van der Waals surface area contributed by atoms with Gasteiger partial charge in [0.2, 0.25) is 5.91 Å². The molecule has 5 rings (SSSR count). The first-order valence-electron chi connectivity index (χ1n) is 11.2. The predicted octanol–water partition coefficient (Wildman–Crippen LogP) is 3.84. The molecule has 1 atom stereocenters. The molecular weight excluding hydrogens is 404 g/mol. The Morgan fingerprint density at radius 1 is 1.07 bits per heavy atom. The Morgan fingerprint density at radius 3 is 2.63 bits per heavy atom. The molecule has 162 valence electrons. The molecular formula is C22H29ClN4O3. The van der Waals surface area contributed by atoms with E-state index in [0.717, 1.165) is 45.2 Å². The zero-order chi connectivity index (χ0) is 20.7. The van der Waals surface area contributed by atoms with E-state index < -0.39 is 0 Å². The standard InChI is InChI=1S/C22H29ClN4O3/c23-18-13-17(27-11-12-30-21(27)29)14-24-19(18)25-9-4-7-22(15-25)8-10-26(20(22)28)16-5-2-1-3-6-16/h13-14,16H,1-12,15H2. The molecule has 2 amide bonds. The van der Waals surface area contributed by atoms with Crippen LogP contribution >= 0.6 is 11.6 Å². The van der Waals surface area contributed by atoms with Crippen molar-refractivity contribution < 1.29 is 14.3 Å². The highest BCUT2D eigenvalue weighted by Gasteiger charge is 2.50. The summed E-state index contributed by atoms with van der Waals surface area (Å²) < 4.78 is 5.01. The van der Waals surface area contributed by atoms with Crippen molar-refractivity contribution in [2.75, 3.05) is 42.6 Å². The van der Waals surface area contributed by atoms with E-state index in [4.69, 9.17) is 16.3 Å². The van der Waals surface area contributed by atoms with Crippen molar-refractivity contribution in [3.05, 3.63) is 17.3 Å². The second-order valence-electron chi connectivity index (χ2n) is 9.11. The first-order valence-corrected chi connectivity index (χ1v) is 11.6. The Hall–Kier alpha value is -2.02. The highest BCUT2D eigenvalue weighted by molar-refractivity contribution is 6.33. The lowest BCUT2D eigenvalue weighted by Gasteiger charge is -2.41. The lowest BCUT2D eigenvalue weighted by Crippen LogP contribution is -2.50. The molecule has 4 heterocycles. The molecule has 3 aliphatic heterocycles. The van der Waals surface area contributed by atoms with Crippen LogP contribution in [0.1, 0.15) is 51.4 Å². The first-order chi connectivity index (χ1) is 14.6. The van der Waals surface area contributed by atoms with E-state index >= 15 is 0 Å². The highest BCUT2D eigenvalue weighted by Crippen LogP contribution is 2.44. The molecule has 1 aliphatic carbocycles. The van der Waals surface area contributed by atoms with Crippen molar-refractivity contribution in [2.24, 2.45) is 5.41 Å². The van der Waals surface area contributed by atoms with Crippen LogP contribution in [0.4, 0.5) is 16.3 Å². The smallest absolute Gasteiger partial charge is 0.414 e. The maximum Gasteiger partial charge on any atom is 0.414 e. The maximum absolute atomic E-state index is 13.5. The number of anilines is 2. The molecule has 0 bridgehead atoms. The number of pyridine rings is 1. The Morgan fingerprint density at radius 2 is 1.90 bits per heavy atom. The molecule has 30 heavy (non-hydrogen) atoms. The van der Waals surface area contributed by atoms with Gasteiger partial charge in [-0.25, -0.2) is 9.78 Å². The first kappa shape index (κ1) is 19.9. The molecule has 4 fully saturated rings. The summed E-state index contributed by atoms with van der Waals surface area (Å²) in [5.74, 6) is 1.04. The van der Waals surface area contributed by atoms with Crippen LogP contribution in [0.25, 0.3) is 0 Å². The number of amides is 2. The molecule has 1 unspecified atom stereocenters. The molecule has 1 aromatic rings. The quantitative estimate of drug-likeness (QED) is 0.725. The zero-order valence-corrected chi connectivity index (χ0v) is 18.1. The van der Waals surface area contributed by atoms with Crippen LogP contribution in [-0.4, -0.2) is 60.7 Å². The van der Waals surface area contributed by atoms with Crippen LogP contribution < -0.4 is 9.80 Å². The van der Waals surface area contributed by atoms with E-state index in [2.05, 4.69) is 14.8 Å². The molecule has 4 aliphatic rings. The Labute approximate surface area is 182 Å². The number of hydrogen-bond donors (Lipinski definition) is 0. The van der Waals surface area contributed by atoms with Crippen LogP contribution in [0.3, 0.4) is 0 Å². The van der Waals surface area contributed by atoms with E-state index in [9.17, 15) is 9.59 Å². The van der Waals surface area contributed by atoms with E-state index in [0.29, 0.717) is 48.2 Å². The van der Waals surface area contributed by atoms with Gasteiger partial charge in [-0.05, 0) is 38.2 Å². The topological polar surface area (TPSA) is 66.0 Å². The minimum absolute atomic E-state index is 0.307. The third kappa shape index (κ3) is 3.41. The second-order valence-corrected chi connectivity index (χ2v) is 9.52. The predicted molar refractivity (Wildman–Crippen MR) is 115 cm³/mol. The molecule has 7 nitrogen and oxygen atoms in total. The zero-order valence-electron chi connectivity index (χ0n) is 17.3. The van der Waals surface area contributed by atoms with Crippen LogP contribution in [0.2, 0.25) is 5.02 Å². The van der Waals surface area contributed by atoms with Gasteiger partial charge in [0.1, 0.15) is 12.4 Å². The molecule has 3 saturated heterocycles. The van der Waals surface area contributed by atoms with Gasteiger partial charge in [-0.1, -0.05) is 30.9 Å². The number of piperidine rings is 1. The molecule has 0 radical (unpaired) electrons. The number of likely N-dealkylation sites (tertiary alicyclic amines) is 1. The van der Waals surface area contributed by atoms with Gasteiger partial charge in [0.05, 0.1) is 28.9 Å². The van der Waals surface area contributed by atoms with E-state index in [1.54, 1.807) is 17.2 Å². The maximum atomic E-state index is 13.5. The van der Waals surface area contributed by atoms with Crippen molar-refractivity contribution in [2.45, 2.75) is 57.4 Å². The fourth-order valence-corrected chi connectivity index (χ4v) is 5.99. The Balaban J connectivity index is 1.33. The van der Waals surface area contributed by atoms with Gasteiger partial charge in [-0.2, -0.15) is 0 Å². The minimum Gasteiger partial charge on any atom is -0.447 e. The number of aromatic nitrogens is 1. The summed E-state index contributed by atoms with van der Waals surface area (Å²) in [6.07, 6.45) is 10.2. The van der Waals surface area contributed by atoms with Crippen LogP contribution in [0.5, 0.6) is 0 Å². The van der Waals surface area contributed by atoms with Gasteiger partial charge in [0.25, 0.3) is 0 Å².